The third-order valence-electron chi connectivity index (χ3n) is 5.39. The summed E-state index contributed by atoms with van der Waals surface area (Å²) >= 11 is 12.2. The molecule has 0 aliphatic heterocycles. The Morgan fingerprint density at radius 1 is 1.03 bits per heavy atom. The second-order valence-corrected chi connectivity index (χ2v) is 8.44. The van der Waals surface area contributed by atoms with Crippen molar-refractivity contribution in [1.82, 2.24) is 5.43 Å². The van der Waals surface area contributed by atoms with Crippen molar-refractivity contribution in [2.75, 3.05) is 5.32 Å². The van der Waals surface area contributed by atoms with Crippen LogP contribution in [-0.4, -0.2) is 17.5 Å². The van der Waals surface area contributed by atoms with Crippen LogP contribution in [0.5, 0.6) is 0 Å². The topological polar surface area (TPSA) is 83.7 Å². The van der Waals surface area contributed by atoms with Gasteiger partial charge >= 0.3 is 0 Å². The van der Waals surface area contributed by atoms with Crippen LogP contribution < -0.4 is 10.7 Å². The van der Waals surface area contributed by atoms with E-state index in [1.807, 2.05) is 19.9 Å². The molecule has 2 N–H and O–H groups in total. The molecule has 1 aliphatic carbocycles. The first-order valence-corrected chi connectivity index (χ1v) is 10.9. The number of carbonyl (C=O) groups excluding carboxylic acids is 2. The van der Waals surface area contributed by atoms with Gasteiger partial charge in [-0.15, -0.1) is 0 Å². The van der Waals surface area contributed by atoms with Crippen LogP contribution in [0.1, 0.15) is 56.2 Å². The van der Waals surface area contributed by atoms with Crippen molar-refractivity contribution in [3.8, 4) is 0 Å². The molecule has 32 heavy (non-hydrogen) atoms. The number of nitrogens with one attached hydrogen (secondary N) is 2. The first-order chi connectivity index (χ1) is 15.3. The lowest BCUT2D eigenvalue weighted by atomic mass is 9.93. The molecule has 0 saturated heterocycles. The first-order valence-electron chi connectivity index (χ1n) is 10.2. The molecule has 1 aliphatic rings. The zero-order valence-electron chi connectivity index (χ0n) is 17.6. The molecule has 0 bridgehead atoms. The predicted molar refractivity (Wildman–Crippen MR) is 126 cm³/mol. The molecule has 2 amide bonds. The van der Waals surface area contributed by atoms with Crippen molar-refractivity contribution >= 4 is 46.4 Å². The second kappa shape index (κ2) is 9.18. The van der Waals surface area contributed by atoms with Crippen LogP contribution in [0, 0.1) is 13.8 Å². The van der Waals surface area contributed by atoms with Crippen molar-refractivity contribution in [3.63, 3.8) is 0 Å². The van der Waals surface area contributed by atoms with Gasteiger partial charge in [-0.3, -0.25) is 9.59 Å². The SMILES string of the molecule is Cc1ccc(Cl)cc1NC(=O)c1oc2c(c1C)/C(=N/NC(=O)c1ccccc1Cl)CCC2. The molecule has 8 heteroatoms. The average molecular weight is 470 g/mol. The molecule has 0 saturated carbocycles. The van der Waals surface area contributed by atoms with E-state index in [4.69, 9.17) is 27.6 Å². The van der Waals surface area contributed by atoms with E-state index in [0.717, 1.165) is 17.5 Å². The molecule has 0 radical (unpaired) electrons. The molecule has 1 heterocycles. The number of amides is 2. The predicted octanol–water partition coefficient (Wildman–Crippen LogP) is 5.93. The van der Waals surface area contributed by atoms with E-state index < -0.39 is 5.91 Å². The third kappa shape index (κ3) is 4.42. The molecule has 1 aromatic heterocycles. The molecule has 0 spiro atoms. The van der Waals surface area contributed by atoms with Crippen molar-refractivity contribution < 1.29 is 14.0 Å². The zero-order valence-corrected chi connectivity index (χ0v) is 19.1. The van der Waals surface area contributed by atoms with Crippen molar-refractivity contribution in [3.05, 3.63) is 86.3 Å². The number of furan rings is 1. The number of halogens is 2. The van der Waals surface area contributed by atoms with Gasteiger partial charge in [-0.2, -0.15) is 5.10 Å². The van der Waals surface area contributed by atoms with Crippen LogP contribution in [0.15, 0.2) is 52.0 Å². The van der Waals surface area contributed by atoms with Crippen LogP contribution in [0.2, 0.25) is 10.0 Å². The molecule has 0 unspecified atom stereocenters. The summed E-state index contributed by atoms with van der Waals surface area (Å²) < 4.78 is 5.92. The van der Waals surface area contributed by atoms with Crippen molar-refractivity contribution in [2.24, 2.45) is 5.10 Å². The molecular formula is C24H21Cl2N3O3. The van der Waals surface area contributed by atoms with Crippen molar-refractivity contribution in [1.29, 1.82) is 0 Å². The lowest BCUT2D eigenvalue weighted by Crippen LogP contribution is -2.22. The molecular weight excluding hydrogens is 449 g/mol. The van der Waals surface area contributed by atoms with Crippen LogP contribution in [-0.2, 0) is 6.42 Å². The van der Waals surface area contributed by atoms with Gasteiger partial charge in [0.05, 0.1) is 16.3 Å². The summed E-state index contributed by atoms with van der Waals surface area (Å²) in [5, 5.41) is 8.09. The minimum Gasteiger partial charge on any atom is -0.455 e. The number of hydrazone groups is 1. The molecule has 4 rings (SSSR count). The summed E-state index contributed by atoms with van der Waals surface area (Å²) in [6.07, 6.45) is 2.15. The number of anilines is 1. The number of carbonyl (C=O) groups is 2. The summed E-state index contributed by atoms with van der Waals surface area (Å²) in [5.41, 5.74) is 6.56. The van der Waals surface area contributed by atoms with Crippen LogP contribution >= 0.6 is 23.2 Å². The van der Waals surface area contributed by atoms with Gasteiger partial charge in [-0.25, -0.2) is 5.43 Å². The smallest absolute Gasteiger partial charge is 0.291 e. The average Bonchev–Trinajstić information content (AvgIpc) is 3.12. The van der Waals surface area contributed by atoms with Gasteiger partial charge in [0.15, 0.2) is 5.76 Å². The number of benzene rings is 2. The summed E-state index contributed by atoms with van der Waals surface area (Å²) in [7, 11) is 0. The van der Waals surface area contributed by atoms with Gasteiger partial charge < -0.3 is 9.73 Å². The largest absolute Gasteiger partial charge is 0.455 e. The normalized spacial score (nSPS) is 14.2. The van der Waals surface area contributed by atoms with Gasteiger partial charge in [0.1, 0.15) is 5.76 Å². The number of aryl methyl sites for hydroxylation is 2. The molecule has 164 valence electrons. The van der Waals surface area contributed by atoms with E-state index in [2.05, 4.69) is 15.8 Å². The Morgan fingerprint density at radius 2 is 1.81 bits per heavy atom. The highest BCUT2D eigenvalue weighted by molar-refractivity contribution is 6.33. The van der Waals surface area contributed by atoms with Crippen LogP contribution in [0.25, 0.3) is 0 Å². The second-order valence-electron chi connectivity index (χ2n) is 7.60. The Morgan fingerprint density at radius 3 is 2.59 bits per heavy atom. The maximum Gasteiger partial charge on any atom is 0.291 e. The standard InChI is InChI=1S/C24H21Cl2N3O3/c1-13-10-11-15(25)12-19(13)27-24(31)22-14(2)21-18(8-5-9-20(21)32-22)28-29-23(30)16-6-3-4-7-17(16)26/h3-4,6-7,10-12H,5,8-9H2,1-2H3,(H,27,31)(H,29,30)/b28-18+. The molecule has 2 aromatic carbocycles. The Balaban J connectivity index is 1.59. The molecule has 6 nitrogen and oxygen atoms in total. The fraction of sp³-hybridized carbons (Fsp3) is 0.208. The number of hydrogen-bond acceptors (Lipinski definition) is 4. The van der Waals surface area contributed by atoms with Crippen LogP contribution in [0.4, 0.5) is 5.69 Å². The lowest BCUT2D eigenvalue weighted by molar-refractivity contribution is 0.0953. The fourth-order valence-electron chi connectivity index (χ4n) is 3.73. The van der Waals surface area contributed by atoms with Gasteiger partial charge in [0.2, 0.25) is 0 Å². The highest BCUT2D eigenvalue weighted by Crippen LogP contribution is 2.31. The molecule has 0 fully saturated rings. The van der Waals surface area contributed by atoms with Crippen molar-refractivity contribution in [2.45, 2.75) is 33.1 Å². The maximum atomic E-state index is 12.9. The summed E-state index contributed by atoms with van der Waals surface area (Å²) in [4.78, 5) is 25.4. The molecule has 3 aromatic rings. The zero-order chi connectivity index (χ0) is 22.8. The van der Waals surface area contributed by atoms with E-state index in [1.54, 1.807) is 36.4 Å². The van der Waals surface area contributed by atoms with Gasteiger partial charge in [0.25, 0.3) is 11.8 Å². The highest BCUT2D eigenvalue weighted by atomic mass is 35.5. The highest BCUT2D eigenvalue weighted by Gasteiger charge is 2.28. The van der Waals surface area contributed by atoms with E-state index in [9.17, 15) is 9.59 Å². The van der Waals surface area contributed by atoms with E-state index in [-0.39, 0.29) is 11.7 Å². The number of rotatable bonds is 4. The Labute approximate surface area is 195 Å². The summed E-state index contributed by atoms with van der Waals surface area (Å²) in [6.45, 7) is 3.71. The Hall–Kier alpha value is -3.09. The monoisotopic (exact) mass is 469 g/mol. The van der Waals surface area contributed by atoms with Gasteiger partial charge in [0, 0.05) is 28.3 Å². The Bertz CT molecular complexity index is 1250. The quantitative estimate of drug-likeness (QED) is 0.464. The fourth-order valence-corrected chi connectivity index (χ4v) is 4.12. The number of nitrogens with zero attached hydrogens (tertiary/aromatic N) is 1. The molecule has 0 atom stereocenters. The number of hydrogen-bond donors (Lipinski definition) is 2. The van der Waals surface area contributed by atoms with Crippen LogP contribution in [0.3, 0.4) is 0 Å². The van der Waals surface area contributed by atoms with E-state index >= 15 is 0 Å². The van der Waals surface area contributed by atoms with Gasteiger partial charge in [-0.1, -0.05) is 41.4 Å². The third-order valence-corrected chi connectivity index (χ3v) is 5.96. The summed E-state index contributed by atoms with van der Waals surface area (Å²) in [6, 6.07) is 12.1. The lowest BCUT2D eigenvalue weighted by Gasteiger charge is -2.13. The van der Waals surface area contributed by atoms with Gasteiger partial charge in [-0.05, 0) is 56.5 Å². The number of fused-ring (bicyclic) bond motifs is 1. The van der Waals surface area contributed by atoms with E-state index in [1.165, 1.54) is 0 Å². The maximum absolute atomic E-state index is 12.9. The minimum absolute atomic E-state index is 0.224. The first kappa shape index (κ1) is 22.1. The Kier molecular flexibility index (Phi) is 6.35. The summed E-state index contributed by atoms with van der Waals surface area (Å²) in [5.74, 6) is 0.154. The minimum atomic E-state index is -0.397. The van der Waals surface area contributed by atoms with E-state index in [0.29, 0.717) is 51.2 Å².